The van der Waals surface area contributed by atoms with Crippen molar-refractivity contribution in [2.24, 2.45) is 5.73 Å². The predicted molar refractivity (Wildman–Crippen MR) is 96.0 cm³/mol. The Bertz CT molecular complexity index is 930. The van der Waals surface area contributed by atoms with Crippen molar-refractivity contribution in [1.29, 1.82) is 5.26 Å². The van der Waals surface area contributed by atoms with Crippen molar-refractivity contribution in [3.05, 3.63) is 57.9 Å². The molecule has 1 aromatic carbocycles. The maximum Gasteiger partial charge on any atom is 0.319 e. The fourth-order valence-electron chi connectivity index (χ4n) is 2.84. The van der Waals surface area contributed by atoms with Crippen LogP contribution in [0.3, 0.4) is 0 Å². The molecule has 0 spiro atoms. The Balaban J connectivity index is 2.52. The van der Waals surface area contributed by atoms with Crippen LogP contribution in [-0.4, -0.2) is 16.5 Å². The van der Waals surface area contributed by atoms with Gasteiger partial charge in [-0.25, -0.2) is 4.79 Å². The molecule has 2 aromatic rings. The molecule has 0 saturated carbocycles. The summed E-state index contributed by atoms with van der Waals surface area (Å²) in [5.41, 5.74) is 10.7. The molecule has 25 heavy (non-hydrogen) atoms. The molecule has 0 fully saturated rings. The Morgan fingerprint density at radius 1 is 1.20 bits per heavy atom. The number of aromatic nitrogens is 1. The van der Waals surface area contributed by atoms with Gasteiger partial charge in [0.2, 0.25) is 0 Å². The summed E-state index contributed by atoms with van der Waals surface area (Å²) in [5, 5.41) is 11.1. The second-order valence-electron chi connectivity index (χ2n) is 5.94. The molecule has 128 valence electrons. The minimum absolute atomic E-state index is 0.181. The van der Waals surface area contributed by atoms with Crippen molar-refractivity contribution in [1.82, 2.24) is 9.88 Å². The van der Waals surface area contributed by atoms with Crippen molar-refractivity contribution >= 4 is 18.0 Å². The number of hydrogen-bond acceptors (Lipinski definition) is 3. The lowest BCUT2D eigenvalue weighted by atomic mass is 10.1. The number of primary amides is 1. The number of nitrogens with two attached hydrogens (primary N) is 1. The standard InChI is InChI=1S/C19H20N4O2/c1-11-5-6-17(12(2)7-11)23-13(3)8-15(14(23)4)9-16(10-20)18(24)22-19(21)25/h5-9H,1-4H3,(H3,21,22,24,25)/b16-9-. The Morgan fingerprint density at radius 2 is 1.88 bits per heavy atom. The Hall–Kier alpha value is -3.33. The Kier molecular flexibility index (Phi) is 5.08. The van der Waals surface area contributed by atoms with Gasteiger partial charge in [0, 0.05) is 17.1 Å². The van der Waals surface area contributed by atoms with E-state index in [1.165, 1.54) is 11.6 Å². The highest BCUT2D eigenvalue weighted by molar-refractivity contribution is 6.08. The number of nitriles is 1. The third kappa shape index (κ3) is 3.78. The minimum atomic E-state index is -0.994. The Labute approximate surface area is 146 Å². The van der Waals surface area contributed by atoms with Gasteiger partial charge in [0.05, 0.1) is 0 Å². The molecule has 0 radical (unpaired) electrons. The van der Waals surface area contributed by atoms with Crippen LogP contribution in [-0.2, 0) is 4.79 Å². The highest BCUT2D eigenvalue weighted by Crippen LogP contribution is 2.25. The van der Waals surface area contributed by atoms with E-state index in [0.717, 1.165) is 28.2 Å². The second kappa shape index (κ2) is 7.05. The number of amides is 3. The van der Waals surface area contributed by atoms with E-state index >= 15 is 0 Å². The summed E-state index contributed by atoms with van der Waals surface area (Å²) in [4.78, 5) is 22.7. The van der Waals surface area contributed by atoms with Gasteiger partial charge in [-0.3, -0.25) is 10.1 Å². The van der Waals surface area contributed by atoms with Crippen LogP contribution < -0.4 is 11.1 Å². The first-order valence-electron chi connectivity index (χ1n) is 7.73. The topological polar surface area (TPSA) is 101 Å². The van der Waals surface area contributed by atoms with E-state index in [2.05, 4.69) is 10.6 Å². The van der Waals surface area contributed by atoms with Crippen LogP contribution >= 0.6 is 0 Å². The van der Waals surface area contributed by atoms with Gasteiger partial charge in [0.15, 0.2) is 0 Å². The lowest BCUT2D eigenvalue weighted by Crippen LogP contribution is -2.35. The van der Waals surface area contributed by atoms with E-state index in [9.17, 15) is 14.9 Å². The molecule has 2 rings (SSSR count). The molecule has 1 aromatic heterocycles. The van der Waals surface area contributed by atoms with Crippen LogP contribution in [0.2, 0.25) is 0 Å². The number of nitrogens with zero attached hydrogens (tertiary/aromatic N) is 2. The van der Waals surface area contributed by atoms with Crippen LogP contribution in [0.5, 0.6) is 0 Å². The second-order valence-corrected chi connectivity index (χ2v) is 5.94. The van der Waals surface area contributed by atoms with E-state index in [1.54, 1.807) is 6.07 Å². The summed E-state index contributed by atoms with van der Waals surface area (Å²) in [6.45, 7) is 7.95. The molecule has 0 saturated heterocycles. The summed E-state index contributed by atoms with van der Waals surface area (Å²) in [6, 6.07) is 8.89. The van der Waals surface area contributed by atoms with E-state index in [1.807, 2.05) is 51.2 Å². The number of hydrogen-bond donors (Lipinski definition) is 2. The number of imide groups is 1. The zero-order valence-electron chi connectivity index (χ0n) is 14.7. The third-order valence-corrected chi connectivity index (χ3v) is 3.97. The molecule has 3 N–H and O–H groups in total. The molecule has 0 aliphatic carbocycles. The molecule has 6 nitrogen and oxygen atoms in total. The molecule has 0 unspecified atom stereocenters. The summed E-state index contributed by atoms with van der Waals surface area (Å²) < 4.78 is 2.07. The number of urea groups is 1. The van der Waals surface area contributed by atoms with Crippen molar-refractivity contribution < 1.29 is 9.59 Å². The highest BCUT2D eigenvalue weighted by atomic mass is 16.2. The average molecular weight is 336 g/mol. The van der Waals surface area contributed by atoms with Crippen molar-refractivity contribution in [3.8, 4) is 11.8 Å². The number of carbonyl (C=O) groups excluding carboxylic acids is 2. The number of aryl methyl sites for hydroxylation is 3. The van der Waals surface area contributed by atoms with Crippen molar-refractivity contribution in [3.63, 3.8) is 0 Å². The predicted octanol–water partition coefficient (Wildman–Crippen LogP) is 2.81. The van der Waals surface area contributed by atoms with Gasteiger partial charge in [-0.1, -0.05) is 17.7 Å². The molecule has 3 amide bonds. The van der Waals surface area contributed by atoms with E-state index < -0.39 is 11.9 Å². The van der Waals surface area contributed by atoms with Gasteiger partial charge in [-0.15, -0.1) is 0 Å². The molecule has 6 heteroatoms. The first-order chi connectivity index (χ1) is 11.7. The fourth-order valence-corrected chi connectivity index (χ4v) is 2.84. The number of benzene rings is 1. The number of carbonyl (C=O) groups is 2. The van der Waals surface area contributed by atoms with Gasteiger partial charge >= 0.3 is 6.03 Å². The molecule has 0 bridgehead atoms. The van der Waals surface area contributed by atoms with Crippen LogP contribution in [0.15, 0.2) is 29.8 Å². The first kappa shape index (κ1) is 18.0. The van der Waals surface area contributed by atoms with E-state index in [-0.39, 0.29) is 5.57 Å². The lowest BCUT2D eigenvalue weighted by molar-refractivity contribution is -0.115. The zero-order valence-corrected chi connectivity index (χ0v) is 14.7. The summed E-state index contributed by atoms with van der Waals surface area (Å²) >= 11 is 0. The largest absolute Gasteiger partial charge is 0.351 e. The molecular weight excluding hydrogens is 316 g/mol. The van der Waals surface area contributed by atoms with Crippen LogP contribution in [0.1, 0.15) is 28.1 Å². The summed E-state index contributed by atoms with van der Waals surface area (Å²) in [7, 11) is 0. The molecule has 1 heterocycles. The van der Waals surface area contributed by atoms with Gasteiger partial charge in [-0.05, 0) is 57.0 Å². The monoisotopic (exact) mass is 336 g/mol. The smallest absolute Gasteiger partial charge is 0.319 e. The highest BCUT2D eigenvalue weighted by Gasteiger charge is 2.15. The quantitative estimate of drug-likeness (QED) is 0.665. The van der Waals surface area contributed by atoms with Gasteiger partial charge in [-0.2, -0.15) is 5.26 Å². The maximum absolute atomic E-state index is 11.8. The fraction of sp³-hybridized carbons (Fsp3) is 0.211. The molecule has 0 aliphatic rings. The minimum Gasteiger partial charge on any atom is -0.351 e. The van der Waals surface area contributed by atoms with Gasteiger partial charge < -0.3 is 10.3 Å². The maximum atomic E-state index is 11.8. The number of nitrogens with one attached hydrogen (secondary N) is 1. The van der Waals surface area contributed by atoms with Gasteiger partial charge in [0.1, 0.15) is 11.6 Å². The normalized spacial score (nSPS) is 11.1. The van der Waals surface area contributed by atoms with Crippen LogP contribution in [0, 0.1) is 39.0 Å². The third-order valence-electron chi connectivity index (χ3n) is 3.97. The SMILES string of the molecule is Cc1ccc(-n2c(C)cc(/C=C(/C#N)C(=O)NC(N)=O)c2C)c(C)c1. The first-order valence-corrected chi connectivity index (χ1v) is 7.73. The average Bonchev–Trinajstić information content (AvgIpc) is 2.79. The Morgan fingerprint density at radius 3 is 2.44 bits per heavy atom. The molecule has 0 aliphatic heterocycles. The zero-order chi connectivity index (χ0) is 18.7. The van der Waals surface area contributed by atoms with E-state index in [4.69, 9.17) is 5.73 Å². The summed E-state index contributed by atoms with van der Waals surface area (Å²) in [5.74, 6) is -0.814. The number of rotatable bonds is 3. The van der Waals surface area contributed by atoms with Crippen molar-refractivity contribution in [2.75, 3.05) is 0 Å². The molecular formula is C19H20N4O2. The molecule has 0 atom stereocenters. The van der Waals surface area contributed by atoms with Crippen LogP contribution in [0.25, 0.3) is 11.8 Å². The van der Waals surface area contributed by atoms with Gasteiger partial charge in [0.25, 0.3) is 5.91 Å². The van der Waals surface area contributed by atoms with E-state index in [0.29, 0.717) is 0 Å². The van der Waals surface area contributed by atoms with Crippen molar-refractivity contribution in [2.45, 2.75) is 27.7 Å². The summed E-state index contributed by atoms with van der Waals surface area (Å²) in [6.07, 6.45) is 1.46. The lowest BCUT2D eigenvalue weighted by Gasteiger charge is -2.13. The van der Waals surface area contributed by atoms with Crippen LogP contribution in [0.4, 0.5) is 4.79 Å².